The molecule has 2 aromatic rings. The molecule has 0 spiro atoms. The molecule has 1 aromatic heterocycles. The highest BCUT2D eigenvalue weighted by molar-refractivity contribution is 5.80. The third-order valence-corrected chi connectivity index (χ3v) is 3.03. The van der Waals surface area contributed by atoms with Crippen LogP contribution in [0.4, 0.5) is 5.69 Å². The average Bonchev–Trinajstić information content (AvgIpc) is 2.52. The van der Waals surface area contributed by atoms with Gasteiger partial charge in [-0.25, -0.2) is 0 Å². The molecule has 0 saturated heterocycles. The maximum Gasteiger partial charge on any atom is 0.242 e. The number of likely N-dealkylation sites (N-methyl/N-ethyl adjacent to an activating group) is 1. The number of para-hydroxylation sites is 1. The summed E-state index contributed by atoms with van der Waals surface area (Å²) < 4.78 is 0. The number of amides is 1. The van der Waals surface area contributed by atoms with Gasteiger partial charge in [-0.3, -0.25) is 9.78 Å². The van der Waals surface area contributed by atoms with Crippen molar-refractivity contribution in [2.45, 2.75) is 13.5 Å². The molecule has 1 aromatic carbocycles. The molecule has 4 nitrogen and oxygen atoms in total. The van der Waals surface area contributed by atoms with Crippen molar-refractivity contribution in [3.63, 3.8) is 0 Å². The molecule has 0 aliphatic carbocycles. The zero-order valence-corrected chi connectivity index (χ0v) is 11.6. The van der Waals surface area contributed by atoms with Gasteiger partial charge in [0.1, 0.15) is 0 Å². The normalized spacial score (nSPS) is 10.1. The molecule has 0 bridgehead atoms. The van der Waals surface area contributed by atoms with Crippen LogP contribution in [0, 0.1) is 0 Å². The predicted molar refractivity (Wildman–Crippen MR) is 80.3 cm³/mol. The van der Waals surface area contributed by atoms with Crippen molar-refractivity contribution in [2.24, 2.45) is 0 Å². The van der Waals surface area contributed by atoms with Gasteiger partial charge in [-0.05, 0) is 31.2 Å². The Labute approximate surface area is 119 Å². The van der Waals surface area contributed by atoms with Crippen LogP contribution in [-0.4, -0.2) is 28.9 Å². The molecule has 20 heavy (non-hydrogen) atoms. The van der Waals surface area contributed by atoms with E-state index in [1.165, 1.54) is 0 Å². The van der Waals surface area contributed by atoms with Gasteiger partial charge in [0.05, 0.1) is 18.8 Å². The number of pyridine rings is 1. The Morgan fingerprint density at radius 3 is 2.55 bits per heavy atom. The van der Waals surface area contributed by atoms with Crippen molar-refractivity contribution in [3.05, 3.63) is 60.4 Å². The SMILES string of the molecule is CCN(Cc1ccccn1)C(=O)CNc1ccccc1. The van der Waals surface area contributed by atoms with Crippen LogP contribution in [0.5, 0.6) is 0 Å². The molecule has 0 aliphatic rings. The number of nitrogens with one attached hydrogen (secondary N) is 1. The highest BCUT2D eigenvalue weighted by Gasteiger charge is 2.12. The Morgan fingerprint density at radius 1 is 1.15 bits per heavy atom. The molecule has 0 atom stereocenters. The van der Waals surface area contributed by atoms with Crippen molar-refractivity contribution < 1.29 is 4.79 Å². The fourth-order valence-corrected chi connectivity index (χ4v) is 1.91. The van der Waals surface area contributed by atoms with E-state index in [1.807, 2.05) is 55.5 Å². The number of hydrogen-bond donors (Lipinski definition) is 1. The first kappa shape index (κ1) is 14.1. The lowest BCUT2D eigenvalue weighted by molar-refractivity contribution is -0.129. The van der Waals surface area contributed by atoms with Gasteiger partial charge in [0.15, 0.2) is 0 Å². The summed E-state index contributed by atoms with van der Waals surface area (Å²) in [6.07, 6.45) is 1.75. The fraction of sp³-hybridized carbons (Fsp3) is 0.250. The van der Waals surface area contributed by atoms with Gasteiger partial charge in [-0.1, -0.05) is 24.3 Å². The summed E-state index contributed by atoms with van der Waals surface area (Å²) in [6.45, 7) is 3.49. The molecule has 0 radical (unpaired) electrons. The van der Waals surface area contributed by atoms with Gasteiger partial charge in [-0.2, -0.15) is 0 Å². The van der Waals surface area contributed by atoms with E-state index in [0.717, 1.165) is 11.4 Å². The zero-order valence-electron chi connectivity index (χ0n) is 11.6. The number of nitrogens with zero attached hydrogens (tertiary/aromatic N) is 2. The molecule has 0 unspecified atom stereocenters. The van der Waals surface area contributed by atoms with Gasteiger partial charge in [0.2, 0.25) is 5.91 Å². The van der Waals surface area contributed by atoms with Crippen molar-refractivity contribution in [1.82, 2.24) is 9.88 Å². The summed E-state index contributed by atoms with van der Waals surface area (Å²) in [5, 5.41) is 3.13. The van der Waals surface area contributed by atoms with Crippen LogP contribution in [0.25, 0.3) is 0 Å². The number of hydrogen-bond acceptors (Lipinski definition) is 3. The number of carbonyl (C=O) groups excluding carboxylic acids is 1. The summed E-state index contributed by atoms with van der Waals surface area (Å²) in [5.41, 5.74) is 1.86. The maximum absolute atomic E-state index is 12.2. The number of aromatic nitrogens is 1. The number of anilines is 1. The number of rotatable bonds is 6. The molecule has 4 heteroatoms. The third kappa shape index (κ3) is 4.09. The first-order chi connectivity index (χ1) is 9.79. The minimum atomic E-state index is 0.0713. The molecule has 0 aliphatic heterocycles. The largest absolute Gasteiger partial charge is 0.376 e. The van der Waals surface area contributed by atoms with Crippen LogP contribution in [0.15, 0.2) is 54.7 Å². The summed E-state index contributed by atoms with van der Waals surface area (Å²) in [6, 6.07) is 15.5. The lowest BCUT2D eigenvalue weighted by Crippen LogP contribution is -2.35. The highest BCUT2D eigenvalue weighted by Crippen LogP contribution is 2.06. The molecule has 2 rings (SSSR count). The van der Waals surface area contributed by atoms with Crippen molar-refractivity contribution in [2.75, 3.05) is 18.4 Å². The van der Waals surface area contributed by atoms with E-state index in [2.05, 4.69) is 10.3 Å². The minimum absolute atomic E-state index is 0.0713. The van der Waals surface area contributed by atoms with E-state index in [4.69, 9.17) is 0 Å². The topological polar surface area (TPSA) is 45.2 Å². The van der Waals surface area contributed by atoms with Crippen LogP contribution < -0.4 is 5.32 Å². The smallest absolute Gasteiger partial charge is 0.242 e. The van der Waals surface area contributed by atoms with Gasteiger partial charge < -0.3 is 10.2 Å². The standard InChI is InChI=1S/C16H19N3O/c1-2-19(13-15-10-6-7-11-17-15)16(20)12-18-14-8-4-3-5-9-14/h3-11,18H,2,12-13H2,1H3. The van der Waals surface area contributed by atoms with E-state index in [-0.39, 0.29) is 5.91 Å². The van der Waals surface area contributed by atoms with Crippen LogP contribution in [0.2, 0.25) is 0 Å². The second-order valence-electron chi connectivity index (χ2n) is 4.45. The van der Waals surface area contributed by atoms with Crippen molar-refractivity contribution in [1.29, 1.82) is 0 Å². The van der Waals surface area contributed by atoms with Crippen LogP contribution in [0.1, 0.15) is 12.6 Å². The molecule has 104 valence electrons. The summed E-state index contributed by atoms with van der Waals surface area (Å²) in [4.78, 5) is 18.2. The Morgan fingerprint density at radius 2 is 1.90 bits per heavy atom. The monoisotopic (exact) mass is 269 g/mol. The molecule has 0 fully saturated rings. The fourth-order valence-electron chi connectivity index (χ4n) is 1.91. The Bertz CT molecular complexity index is 528. The van der Waals surface area contributed by atoms with Gasteiger partial charge in [0.25, 0.3) is 0 Å². The average molecular weight is 269 g/mol. The third-order valence-electron chi connectivity index (χ3n) is 3.03. The lowest BCUT2D eigenvalue weighted by Gasteiger charge is -2.21. The molecular formula is C16H19N3O. The van der Waals surface area contributed by atoms with E-state index in [9.17, 15) is 4.79 Å². The van der Waals surface area contributed by atoms with E-state index >= 15 is 0 Å². The quantitative estimate of drug-likeness (QED) is 0.876. The Kier molecular flexibility index (Phi) is 5.12. The zero-order chi connectivity index (χ0) is 14.2. The van der Waals surface area contributed by atoms with E-state index in [1.54, 1.807) is 11.1 Å². The Hall–Kier alpha value is -2.36. The summed E-state index contributed by atoms with van der Waals surface area (Å²) >= 11 is 0. The second kappa shape index (κ2) is 7.28. The van der Waals surface area contributed by atoms with Crippen LogP contribution in [0.3, 0.4) is 0 Å². The first-order valence-electron chi connectivity index (χ1n) is 6.76. The van der Waals surface area contributed by atoms with Gasteiger partial charge >= 0.3 is 0 Å². The molecule has 0 saturated carbocycles. The second-order valence-corrected chi connectivity index (χ2v) is 4.45. The first-order valence-corrected chi connectivity index (χ1v) is 6.76. The molecule has 1 amide bonds. The Balaban J connectivity index is 1.89. The van der Waals surface area contributed by atoms with Gasteiger partial charge in [0, 0.05) is 18.4 Å². The minimum Gasteiger partial charge on any atom is -0.376 e. The summed E-state index contributed by atoms with van der Waals surface area (Å²) in [7, 11) is 0. The van der Waals surface area contributed by atoms with E-state index in [0.29, 0.717) is 19.6 Å². The highest BCUT2D eigenvalue weighted by atomic mass is 16.2. The number of benzene rings is 1. The van der Waals surface area contributed by atoms with Crippen LogP contribution in [-0.2, 0) is 11.3 Å². The van der Waals surface area contributed by atoms with Crippen molar-refractivity contribution >= 4 is 11.6 Å². The van der Waals surface area contributed by atoms with E-state index < -0.39 is 0 Å². The molecule has 1 heterocycles. The lowest BCUT2D eigenvalue weighted by atomic mass is 10.3. The predicted octanol–water partition coefficient (Wildman–Crippen LogP) is 2.54. The molecule has 1 N–H and O–H groups in total. The molecular weight excluding hydrogens is 250 g/mol. The summed E-state index contributed by atoms with van der Waals surface area (Å²) in [5.74, 6) is 0.0713. The van der Waals surface area contributed by atoms with Crippen molar-refractivity contribution in [3.8, 4) is 0 Å². The maximum atomic E-state index is 12.2. The van der Waals surface area contributed by atoms with Gasteiger partial charge in [-0.15, -0.1) is 0 Å². The number of carbonyl (C=O) groups is 1. The van der Waals surface area contributed by atoms with Crippen LogP contribution >= 0.6 is 0 Å².